The Labute approximate surface area is 140 Å². The molecule has 0 bridgehead atoms. The van der Waals surface area contributed by atoms with Crippen molar-refractivity contribution in [2.45, 2.75) is 13.0 Å². The second-order valence-corrected chi connectivity index (χ2v) is 6.77. The second-order valence-electron chi connectivity index (χ2n) is 5.86. The van der Waals surface area contributed by atoms with E-state index in [9.17, 15) is 4.79 Å². The molecule has 1 saturated heterocycles. The van der Waals surface area contributed by atoms with Crippen molar-refractivity contribution in [1.29, 1.82) is 0 Å². The van der Waals surface area contributed by atoms with Crippen LogP contribution in [0.4, 0.5) is 5.82 Å². The summed E-state index contributed by atoms with van der Waals surface area (Å²) in [7, 11) is 3.92. The zero-order valence-electron chi connectivity index (χ0n) is 13.7. The number of ether oxygens (including phenoxy) is 1. The molecule has 0 aliphatic carbocycles. The molecule has 3 heterocycles. The van der Waals surface area contributed by atoms with Gasteiger partial charge >= 0.3 is 0 Å². The van der Waals surface area contributed by atoms with Crippen LogP contribution in [0.3, 0.4) is 0 Å². The van der Waals surface area contributed by atoms with Crippen LogP contribution in [0.15, 0.2) is 29.6 Å². The van der Waals surface area contributed by atoms with Gasteiger partial charge in [-0.25, -0.2) is 4.98 Å². The Balaban J connectivity index is 1.77. The van der Waals surface area contributed by atoms with E-state index in [2.05, 4.69) is 4.98 Å². The summed E-state index contributed by atoms with van der Waals surface area (Å²) in [6.45, 7) is 3.68. The molecule has 0 saturated carbocycles. The lowest BCUT2D eigenvalue weighted by atomic mass is 10.1. The Morgan fingerprint density at radius 2 is 2.22 bits per heavy atom. The summed E-state index contributed by atoms with van der Waals surface area (Å²) in [6, 6.07) is 7.88. The highest BCUT2D eigenvalue weighted by Gasteiger charge is 2.28. The lowest BCUT2D eigenvalue weighted by molar-refractivity contribution is -0.0245. The standard InChI is InChI=1S/C17H21N3O2S/c1-12-7-10-23-16(12)17(21)20-8-9-22-14(11-20)13-5-4-6-15(18-13)19(2)3/h4-7,10,14H,8-9,11H2,1-3H3/t14-/m0/s1. The van der Waals surface area contributed by atoms with Crippen molar-refractivity contribution < 1.29 is 9.53 Å². The van der Waals surface area contributed by atoms with E-state index in [1.165, 1.54) is 11.3 Å². The van der Waals surface area contributed by atoms with Gasteiger partial charge in [0.05, 0.1) is 23.7 Å². The molecule has 5 nitrogen and oxygen atoms in total. The molecule has 122 valence electrons. The van der Waals surface area contributed by atoms with Crippen molar-refractivity contribution >= 4 is 23.1 Å². The van der Waals surface area contributed by atoms with E-state index in [0.29, 0.717) is 19.7 Å². The van der Waals surface area contributed by atoms with Gasteiger partial charge in [0.25, 0.3) is 5.91 Å². The summed E-state index contributed by atoms with van der Waals surface area (Å²) in [6.07, 6.45) is -0.173. The molecule has 1 amide bonds. The number of rotatable bonds is 3. The van der Waals surface area contributed by atoms with Gasteiger partial charge in [-0.3, -0.25) is 4.79 Å². The zero-order valence-corrected chi connectivity index (χ0v) is 14.5. The molecule has 1 aliphatic heterocycles. The number of anilines is 1. The first-order valence-corrected chi connectivity index (χ1v) is 8.53. The van der Waals surface area contributed by atoms with Crippen LogP contribution in [-0.2, 0) is 4.74 Å². The second kappa shape index (κ2) is 6.68. The summed E-state index contributed by atoms with van der Waals surface area (Å²) in [5, 5.41) is 1.96. The maximum Gasteiger partial charge on any atom is 0.264 e. The third-order valence-corrected chi connectivity index (χ3v) is 4.96. The molecule has 1 fully saturated rings. The highest BCUT2D eigenvalue weighted by atomic mass is 32.1. The minimum absolute atomic E-state index is 0.0922. The van der Waals surface area contributed by atoms with Crippen molar-refractivity contribution in [2.75, 3.05) is 38.7 Å². The fourth-order valence-electron chi connectivity index (χ4n) is 2.62. The molecule has 6 heteroatoms. The van der Waals surface area contributed by atoms with Crippen molar-refractivity contribution in [3.63, 3.8) is 0 Å². The highest BCUT2D eigenvalue weighted by molar-refractivity contribution is 7.12. The molecular formula is C17H21N3O2S. The average molecular weight is 331 g/mol. The van der Waals surface area contributed by atoms with E-state index >= 15 is 0 Å². The quantitative estimate of drug-likeness (QED) is 0.867. The number of hydrogen-bond acceptors (Lipinski definition) is 5. The van der Waals surface area contributed by atoms with Crippen LogP contribution in [0.1, 0.15) is 27.0 Å². The summed E-state index contributed by atoms with van der Waals surface area (Å²) < 4.78 is 5.86. The van der Waals surface area contributed by atoms with Crippen LogP contribution in [0.25, 0.3) is 0 Å². The number of nitrogens with zero attached hydrogens (tertiary/aromatic N) is 3. The van der Waals surface area contributed by atoms with Gasteiger partial charge in [-0.1, -0.05) is 6.07 Å². The van der Waals surface area contributed by atoms with Crippen LogP contribution in [0.2, 0.25) is 0 Å². The fourth-order valence-corrected chi connectivity index (χ4v) is 3.51. The number of hydrogen-bond donors (Lipinski definition) is 0. The summed E-state index contributed by atoms with van der Waals surface area (Å²) in [5.41, 5.74) is 1.91. The number of pyridine rings is 1. The smallest absolute Gasteiger partial charge is 0.264 e. The van der Waals surface area contributed by atoms with E-state index in [0.717, 1.165) is 22.0 Å². The van der Waals surface area contributed by atoms with E-state index in [4.69, 9.17) is 4.74 Å². The fraction of sp³-hybridized carbons (Fsp3) is 0.412. The number of aryl methyl sites for hydroxylation is 1. The first kappa shape index (κ1) is 16.0. The van der Waals surface area contributed by atoms with Crippen molar-refractivity contribution in [2.24, 2.45) is 0 Å². The monoisotopic (exact) mass is 331 g/mol. The number of morpholine rings is 1. The predicted molar refractivity (Wildman–Crippen MR) is 92.2 cm³/mol. The maximum atomic E-state index is 12.7. The van der Waals surface area contributed by atoms with Crippen LogP contribution in [0, 0.1) is 6.92 Å². The van der Waals surface area contributed by atoms with Gasteiger partial charge < -0.3 is 14.5 Å². The predicted octanol–water partition coefficient (Wildman–Crippen LogP) is 2.73. The Kier molecular flexibility index (Phi) is 4.63. The maximum absolute atomic E-state index is 12.7. The Bertz CT molecular complexity index is 699. The third kappa shape index (κ3) is 3.38. The number of amides is 1. The van der Waals surface area contributed by atoms with E-state index in [1.807, 2.05) is 60.5 Å². The molecule has 1 aliphatic rings. The van der Waals surface area contributed by atoms with Crippen LogP contribution >= 0.6 is 11.3 Å². The minimum atomic E-state index is -0.173. The molecule has 0 radical (unpaired) electrons. The van der Waals surface area contributed by atoms with Gasteiger partial charge in [0.2, 0.25) is 0 Å². The molecule has 0 unspecified atom stereocenters. The van der Waals surface area contributed by atoms with Crippen molar-refractivity contribution in [3.05, 3.63) is 45.8 Å². The topological polar surface area (TPSA) is 45.7 Å². The van der Waals surface area contributed by atoms with Gasteiger partial charge in [-0.15, -0.1) is 11.3 Å². The molecule has 3 rings (SSSR count). The van der Waals surface area contributed by atoms with E-state index in [-0.39, 0.29) is 12.0 Å². The highest BCUT2D eigenvalue weighted by Crippen LogP contribution is 2.25. The molecule has 2 aromatic rings. The zero-order chi connectivity index (χ0) is 16.4. The van der Waals surface area contributed by atoms with Gasteiger partial charge in [0.15, 0.2) is 0 Å². The SMILES string of the molecule is Cc1ccsc1C(=O)N1CCO[C@H](c2cccc(N(C)C)n2)C1. The summed E-state index contributed by atoms with van der Waals surface area (Å²) in [5.74, 6) is 0.984. The number of carbonyl (C=O) groups excluding carboxylic acids is 1. The average Bonchev–Trinajstić information content (AvgIpc) is 3.00. The molecule has 0 N–H and O–H groups in total. The molecule has 23 heavy (non-hydrogen) atoms. The first-order valence-electron chi connectivity index (χ1n) is 7.65. The lowest BCUT2D eigenvalue weighted by Crippen LogP contribution is -2.42. The molecule has 1 atom stereocenters. The number of thiophene rings is 1. The Hall–Kier alpha value is -1.92. The minimum Gasteiger partial charge on any atom is -0.368 e. The van der Waals surface area contributed by atoms with Gasteiger partial charge in [0, 0.05) is 20.6 Å². The Morgan fingerprint density at radius 1 is 1.39 bits per heavy atom. The first-order chi connectivity index (χ1) is 11.1. The van der Waals surface area contributed by atoms with Gasteiger partial charge in [-0.05, 0) is 36.1 Å². The Morgan fingerprint density at radius 3 is 2.91 bits per heavy atom. The third-order valence-electron chi connectivity index (χ3n) is 3.95. The molecular weight excluding hydrogens is 310 g/mol. The lowest BCUT2D eigenvalue weighted by Gasteiger charge is -2.32. The van der Waals surface area contributed by atoms with Crippen molar-refractivity contribution in [3.8, 4) is 0 Å². The van der Waals surface area contributed by atoms with Crippen LogP contribution in [0.5, 0.6) is 0 Å². The van der Waals surface area contributed by atoms with E-state index in [1.54, 1.807) is 0 Å². The van der Waals surface area contributed by atoms with Crippen LogP contribution in [-0.4, -0.2) is 49.6 Å². The van der Waals surface area contributed by atoms with Crippen molar-refractivity contribution in [1.82, 2.24) is 9.88 Å². The summed E-state index contributed by atoms with van der Waals surface area (Å²) in [4.78, 5) is 22.0. The van der Waals surface area contributed by atoms with Gasteiger partial charge in [0.1, 0.15) is 11.9 Å². The number of carbonyl (C=O) groups is 1. The molecule has 2 aromatic heterocycles. The van der Waals surface area contributed by atoms with E-state index < -0.39 is 0 Å². The van der Waals surface area contributed by atoms with Crippen LogP contribution < -0.4 is 4.90 Å². The van der Waals surface area contributed by atoms with Gasteiger partial charge in [-0.2, -0.15) is 0 Å². The molecule has 0 aromatic carbocycles. The molecule has 0 spiro atoms. The normalized spacial score (nSPS) is 18.0. The number of aromatic nitrogens is 1. The summed E-state index contributed by atoms with van der Waals surface area (Å²) >= 11 is 1.50. The largest absolute Gasteiger partial charge is 0.368 e.